The Bertz CT molecular complexity index is 396. The molecule has 1 saturated carbocycles. The molecule has 1 unspecified atom stereocenters. The van der Waals surface area contributed by atoms with Crippen molar-refractivity contribution in [3.05, 3.63) is 29.8 Å². The first-order valence-electron chi connectivity index (χ1n) is 7.81. The van der Waals surface area contributed by atoms with Gasteiger partial charge >= 0.3 is 0 Å². The summed E-state index contributed by atoms with van der Waals surface area (Å²) in [5.74, 6) is 0.770. The molecule has 1 aliphatic carbocycles. The number of anilines is 1. The Labute approximate surface area is 117 Å². The van der Waals surface area contributed by atoms with Crippen LogP contribution in [0.4, 0.5) is 5.69 Å². The third kappa shape index (κ3) is 3.11. The van der Waals surface area contributed by atoms with Gasteiger partial charge in [0.25, 0.3) is 0 Å². The summed E-state index contributed by atoms with van der Waals surface area (Å²) < 4.78 is 0. The van der Waals surface area contributed by atoms with Gasteiger partial charge in [0.2, 0.25) is 0 Å². The van der Waals surface area contributed by atoms with Gasteiger partial charge in [0, 0.05) is 30.9 Å². The number of rotatable bonds is 4. The molecule has 1 N–H and O–H groups in total. The van der Waals surface area contributed by atoms with E-state index in [-0.39, 0.29) is 0 Å². The van der Waals surface area contributed by atoms with Crippen LogP contribution in [0.5, 0.6) is 0 Å². The van der Waals surface area contributed by atoms with E-state index in [1.165, 1.54) is 43.5 Å². The Kier molecular flexibility index (Phi) is 3.79. The Morgan fingerprint density at radius 1 is 1.16 bits per heavy atom. The van der Waals surface area contributed by atoms with Gasteiger partial charge in [-0.05, 0) is 43.2 Å². The molecule has 0 aromatic heterocycles. The first-order valence-corrected chi connectivity index (χ1v) is 7.81. The molecule has 2 heteroatoms. The van der Waals surface area contributed by atoms with Gasteiger partial charge < -0.3 is 5.32 Å². The molecule has 0 radical (unpaired) electrons. The topological polar surface area (TPSA) is 15.3 Å². The third-order valence-electron chi connectivity index (χ3n) is 4.35. The highest BCUT2D eigenvalue weighted by molar-refractivity contribution is 5.52. The second-order valence-corrected chi connectivity index (χ2v) is 6.55. The molecule has 0 saturated heterocycles. The van der Waals surface area contributed by atoms with E-state index in [1.807, 2.05) is 0 Å². The van der Waals surface area contributed by atoms with E-state index in [4.69, 9.17) is 0 Å². The first-order chi connectivity index (χ1) is 9.24. The van der Waals surface area contributed by atoms with Crippen molar-refractivity contribution in [3.8, 4) is 0 Å². The molecule has 1 aromatic rings. The summed E-state index contributed by atoms with van der Waals surface area (Å²) in [6.07, 6.45) is 5.34. The first kappa shape index (κ1) is 13.0. The standard InChI is InChI=1S/C17H26N2/c1-13(2)12-19(15-9-10-15)16-8-7-14-5-3-4-6-17(14)18-11-16/h3-6,13,15-16,18H,7-12H2,1-2H3. The van der Waals surface area contributed by atoms with Crippen LogP contribution in [0.25, 0.3) is 0 Å². The van der Waals surface area contributed by atoms with E-state index in [1.54, 1.807) is 0 Å². The molecule has 0 amide bonds. The Hall–Kier alpha value is -1.02. The Morgan fingerprint density at radius 3 is 2.68 bits per heavy atom. The lowest BCUT2D eigenvalue weighted by molar-refractivity contribution is 0.165. The van der Waals surface area contributed by atoms with Crippen LogP contribution in [0.2, 0.25) is 0 Å². The monoisotopic (exact) mass is 258 g/mol. The second kappa shape index (κ2) is 5.54. The SMILES string of the molecule is CC(C)CN(C1CC1)C1CCc2ccccc2NC1. The molecule has 0 spiro atoms. The van der Waals surface area contributed by atoms with Gasteiger partial charge in [0.05, 0.1) is 0 Å². The van der Waals surface area contributed by atoms with Crippen molar-refractivity contribution in [1.82, 2.24) is 4.90 Å². The van der Waals surface area contributed by atoms with Gasteiger partial charge in [-0.15, -0.1) is 0 Å². The number of nitrogens with zero attached hydrogens (tertiary/aromatic N) is 1. The molecule has 2 nitrogen and oxygen atoms in total. The molecule has 0 bridgehead atoms. The molecule has 104 valence electrons. The maximum Gasteiger partial charge on any atom is 0.0373 e. The van der Waals surface area contributed by atoms with Crippen molar-refractivity contribution >= 4 is 5.69 Å². The zero-order valence-corrected chi connectivity index (χ0v) is 12.2. The van der Waals surface area contributed by atoms with Crippen molar-refractivity contribution in [2.45, 2.75) is 51.6 Å². The molecule has 1 aromatic carbocycles. The van der Waals surface area contributed by atoms with Gasteiger partial charge in [-0.3, -0.25) is 4.90 Å². The molecule has 1 fully saturated rings. The maximum atomic E-state index is 3.67. The van der Waals surface area contributed by atoms with Crippen LogP contribution in [-0.4, -0.2) is 30.1 Å². The minimum absolute atomic E-state index is 0.710. The average Bonchev–Trinajstić information content (AvgIpc) is 3.23. The highest BCUT2D eigenvalue weighted by atomic mass is 15.2. The summed E-state index contributed by atoms with van der Waals surface area (Å²) >= 11 is 0. The molecular weight excluding hydrogens is 232 g/mol. The predicted octanol–water partition coefficient (Wildman–Crippen LogP) is 3.53. The van der Waals surface area contributed by atoms with E-state index in [0.29, 0.717) is 6.04 Å². The van der Waals surface area contributed by atoms with Gasteiger partial charge in [0.15, 0.2) is 0 Å². The van der Waals surface area contributed by atoms with E-state index in [0.717, 1.165) is 18.5 Å². The number of hydrogen-bond donors (Lipinski definition) is 1. The van der Waals surface area contributed by atoms with Crippen molar-refractivity contribution in [3.63, 3.8) is 0 Å². The highest BCUT2D eigenvalue weighted by Gasteiger charge is 2.34. The van der Waals surface area contributed by atoms with Crippen LogP contribution in [0.3, 0.4) is 0 Å². The van der Waals surface area contributed by atoms with Crippen LogP contribution in [0.15, 0.2) is 24.3 Å². The molecule has 19 heavy (non-hydrogen) atoms. The molecule has 1 atom stereocenters. The van der Waals surface area contributed by atoms with Crippen LogP contribution in [-0.2, 0) is 6.42 Å². The summed E-state index contributed by atoms with van der Waals surface area (Å²) in [6, 6.07) is 10.4. The number of fused-ring (bicyclic) bond motifs is 1. The van der Waals surface area contributed by atoms with Crippen molar-refractivity contribution < 1.29 is 0 Å². The van der Waals surface area contributed by atoms with Gasteiger partial charge in [-0.25, -0.2) is 0 Å². The van der Waals surface area contributed by atoms with Crippen LogP contribution >= 0.6 is 0 Å². The largest absolute Gasteiger partial charge is 0.383 e. The molecular formula is C17H26N2. The molecule has 3 rings (SSSR count). The Morgan fingerprint density at radius 2 is 1.95 bits per heavy atom. The number of para-hydroxylation sites is 1. The fraction of sp³-hybridized carbons (Fsp3) is 0.647. The van der Waals surface area contributed by atoms with E-state index in [2.05, 4.69) is 48.3 Å². The van der Waals surface area contributed by atoms with Gasteiger partial charge in [-0.1, -0.05) is 32.0 Å². The van der Waals surface area contributed by atoms with E-state index >= 15 is 0 Å². The van der Waals surface area contributed by atoms with E-state index in [9.17, 15) is 0 Å². The molecule has 2 aliphatic rings. The van der Waals surface area contributed by atoms with Crippen molar-refractivity contribution in [2.24, 2.45) is 5.92 Å². The van der Waals surface area contributed by atoms with Crippen LogP contribution in [0, 0.1) is 5.92 Å². The molecule has 1 heterocycles. The summed E-state index contributed by atoms with van der Waals surface area (Å²) in [5, 5.41) is 3.67. The zero-order chi connectivity index (χ0) is 13.2. The normalized spacial score (nSPS) is 23.1. The highest BCUT2D eigenvalue weighted by Crippen LogP contribution is 2.32. The zero-order valence-electron chi connectivity index (χ0n) is 12.2. The summed E-state index contributed by atoms with van der Waals surface area (Å²) in [5.41, 5.74) is 2.84. The van der Waals surface area contributed by atoms with Crippen LogP contribution < -0.4 is 5.32 Å². The second-order valence-electron chi connectivity index (χ2n) is 6.55. The van der Waals surface area contributed by atoms with Gasteiger partial charge in [-0.2, -0.15) is 0 Å². The number of benzene rings is 1. The molecule has 1 aliphatic heterocycles. The maximum absolute atomic E-state index is 3.67. The number of hydrogen-bond acceptors (Lipinski definition) is 2. The van der Waals surface area contributed by atoms with Crippen molar-refractivity contribution in [1.29, 1.82) is 0 Å². The van der Waals surface area contributed by atoms with Crippen LogP contribution in [0.1, 0.15) is 38.7 Å². The lowest BCUT2D eigenvalue weighted by atomic mass is 10.0. The fourth-order valence-electron chi connectivity index (χ4n) is 3.27. The third-order valence-corrected chi connectivity index (χ3v) is 4.35. The smallest absolute Gasteiger partial charge is 0.0373 e. The van der Waals surface area contributed by atoms with Gasteiger partial charge in [0.1, 0.15) is 0 Å². The summed E-state index contributed by atoms with van der Waals surface area (Å²) in [6.45, 7) is 7.05. The Balaban J connectivity index is 1.69. The minimum atomic E-state index is 0.710. The van der Waals surface area contributed by atoms with Crippen molar-refractivity contribution in [2.75, 3.05) is 18.4 Å². The fourth-order valence-corrected chi connectivity index (χ4v) is 3.27. The number of nitrogens with one attached hydrogen (secondary N) is 1. The minimum Gasteiger partial charge on any atom is -0.383 e. The average molecular weight is 258 g/mol. The summed E-state index contributed by atoms with van der Waals surface area (Å²) in [4.78, 5) is 2.78. The predicted molar refractivity (Wildman–Crippen MR) is 81.6 cm³/mol. The lowest BCUT2D eigenvalue weighted by Gasteiger charge is -2.32. The number of aryl methyl sites for hydroxylation is 1. The quantitative estimate of drug-likeness (QED) is 0.888. The summed E-state index contributed by atoms with van der Waals surface area (Å²) in [7, 11) is 0. The van der Waals surface area contributed by atoms with E-state index < -0.39 is 0 Å². The lowest BCUT2D eigenvalue weighted by Crippen LogP contribution is -2.43.